The second-order valence-corrected chi connectivity index (χ2v) is 7.77. The van der Waals surface area contributed by atoms with Gasteiger partial charge in [0, 0.05) is 26.2 Å². The Morgan fingerprint density at radius 1 is 1.07 bits per heavy atom. The number of thiazole rings is 1. The lowest BCUT2D eigenvalue weighted by atomic mass is 10.1. The molecule has 0 radical (unpaired) electrons. The first-order valence-electron chi connectivity index (χ1n) is 8.87. The minimum Gasteiger partial charge on any atom is -0.378 e. The summed E-state index contributed by atoms with van der Waals surface area (Å²) in [7, 11) is 3.91. The van der Waals surface area contributed by atoms with E-state index in [2.05, 4.69) is 10.1 Å². The molecule has 0 saturated heterocycles. The van der Waals surface area contributed by atoms with Gasteiger partial charge in [-0.1, -0.05) is 35.6 Å². The van der Waals surface area contributed by atoms with Crippen LogP contribution in [0.2, 0.25) is 0 Å². The van der Waals surface area contributed by atoms with Crippen LogP contribution in [0.15, 0.2) is 58.1 Å². The molecule has 0 atom stereocenters. The van der Waals surface area contributed by atoms with Crippen LogP contribution in [-0.4, -0.2) is 28.7 Å². The monoisotopic (exact) mass is 408 g/mol. The van der Waals surface area contributed by atoms with Gasteiger partial charge >= 0.3 is 0 Å². The van der Waals surface area contributed by atoms with Crippen molar-refractivity contribution in [2.24, 2.45) is 0 Å². The van der Waals surface area contributed by atoms with Crippen LogP contribution in [0, 0.1) is 5.82 Å². The molecule has 0 aliphatic carbocycles. The highest BCUT2D eigenvalue weighted by atomic mass is 32.1. The predicted octanol–water partition coefficient (Wildman–Crippen LogP) is 1.85. The van der Waals surface area contributed by atoms with Gasteiger partial charge in [-0.2, -0.15) is 14.6 Å². The molecule has 0 unspecified atom stereocenters. The molecular weight excluding hydrogens is 391 g/mol. The Kier molecular flexibility index (Phi) is 4.94. The third kappa shape index (κ3) is 3.93. The lowest BCUT2D eigenvalue weighted by Gasteiger charge is -2.11. The Hall–Kier alpha value is -3.39. The zero-order valence-electron chi connectivity index (χ0n) is 15.8. The molecular formula is C21H17FN4O2S. The lowest BCUT2D eigenvalue weighted by molar-refractivity contribution is 0.627. The van der Waals surface area contributed by atoms with Gasteiger partial charge in [-0.15, -0.1) is 0 Å². The van der Waals surface area contributed by atoms with E-state index >= 15 is 0 Å². The van der Waals surface area contributed by atoms with E-state index in [4.69, 9.17) is 0 Å². The third-order valence-electron chi connectivity index (χ3n) is 4.44. The zero-order chi connectivity index (χ0) is 20.5. The number of anilines is 1. The van der Waals surface area contributed by atoms with Gasteiger partial charge in [0.15, 0.2) is 0 Å². The van der Waals surface area contributed by atoms with Gasteiger partial charge in [0.1, 0.15) is 11.5 Å². The summed E-state index contributed by atoms with van der Waals surface area (Å²) in [4.78, 5) is 31.3. The molecule has 0 N–H and O–H groups in total. The van der Waals surface area contributed by atoms with Crippen LogP contribution < -0.4 is 20.6 Å². The molecule has 0 saturated carbocycles. The average molecular weight is 408 g/mol. The quantitative estimate of drug-likeness (QED) is 0.516. The molecule has 2 aromatic heterocycles. The Morgan fingerprint density at radius 2 is 1.76 bits per heavy atom. The predicted molar refractivity (Wildman–Crippen MR) is 112 cm³/mol. The van der Waals surface area contributed by atoms with E-state index in [1.807, 2.05) is 43.3 Å². The topological polar surface area (TPSA) is 67.6 Å². The number of rotatable bonds is 4. The van der Waals surface area contributed by atoms with E-state index < -0.39 is 5.56 Å². The van der Waals surface area contributed by atoms with Crippen LogP contribution in [0.1, 0.15) is 16.8 Å². The molecule has 4 rings (SSSR count). The van der Waals surface area contributed by atoms with Crippen LogP contribution >= 0.6 is 11.3 Å². The number of aromatic nitrogens is 3. The molecule has 2 aromatic carbocycles. The highest BCUT2D eigenvalue weighted by Gasteiger charge is 2.12. The summed E-state index contributed by atoms with van der Waals surface area (Å²) in [6, 6.07) is 13.6. The SMILES string of the molecule is CN(C)c1ccc(/C=c2/sc3nc(=O)c(Cc4ccc(F)cc4)nn3c2=O)cc1. The van der Waals surface area contributed by atoms with E-state index in [-0.39, 0.29) is 28.5 Å². The number of halogens is 1. The van der Waals surface area contributed by atoms with Crippen molar-refractivity contribution in [1.82, 2.24) is 14.6 Å². The maximum absolute atomic E-state index is 13.1. The van der Waals surface area contributed by atoms with Gasteiger partial charge in [0.2, 0.25) is 4.96 Å². The molecule has 6 nitrogen and oxygen atoms in total. The number of fused-ring (bicyclic) bond motifs is 1. The second kappa shape index (κ2) is 7.56. The minimum atomic E-state index is -0.488. The van der Waals surface area contributed by atoms with E-state index in [0.29, 0.717) is 10.1 Å². The van der Waals surface area contributed by atoms with Crippen molar-refractivity contribution >= 4 is 28.1 Å². The molecule has 0 amide bonds. The van der Waals surface area contributed by atoms with Crippen LogP contribution in [0.25, 0.3) is 11.0 Å². The standard InChI is InChI=1S/C21H17FN4O2S/c1-25(2)16-9-5-14(6-10-16)12-18-20(28)26-21(29-18)23-19(27)17(24-26)11-13-3-7-15(22)8-4-13/h3-10,12H,11H2,1-2H3/b18-12+. The first-order chi connectivity index (χ1) is 13.9. The van der Waals surface area contributed by atoms with E-state index in [1.165, 1.54) is 12.1 Å². The van der Waals surface area contributed by atoms with Gasteiger partial charge in [-0.25, -0.2) is 4.39 Å². The van der Waals surface area contributed by atoms with Crippen LogP contribution in [0.4, 0.5) is 10.1 Å². The maximum atomic E-state index is 13.1. The molecule has 0 spiro atoms. The van der Waals surface area contributed by atoms with Gasteiger partial charge in [-0.3, -0.25) is 9.59 Å². The number of hydrogen-bond donors (Lipinski definition) is 0. The summed E-state index contributed by atoms with van der Waals surface area (Å²) in [5, 5.41) is 4.21. The first kappa shape index (κ1) is 18.9. The van der Waals surface area contributed by atoms with Crippen molar-refractivity contribution in [2.75, 3.05) is 19.0 Å². The first-order valence-corrected chi connectivity index (χ1v) is 9.69. The molecule has 0 bridgehead atoms. The Labute approximate surface area is 169 Å². The molecule has 8 heteroatoms. The number of hydrogen-bond acceptors (Lipinski definition) is 6. The Balaban J connectivity index is 1.74. The fourth-order valence-electron chi connectivity index (χ4n) is 2.87. The fourth-order valence-corrected chi connectivity index (χ4v) is 3.77. The van der Waals surface area contributed by atoms with Gasteiger partial charge in [0.05, 0.1) is 4.53 Å². The van der Waals surface area contributed by atoms with Crippen LogP contribution in [0.3, 0.4) is 0 Å². The van der Waals surface area contributed by atoms with Crippen molar-refractivity contribution < 1.29 is 4.39 Å². The van der Waals surface area contributed by atoms with Crippen molar-refractivity contribution in [3.8, 4) is 0 Å². The molecule has 29 heavy (non-hydrogen) atoms. The van der Waals surface area contributed by atoms with Crippen molar-refractivity contribution in [3.05, 3.63) is 96.4 Å². The molecule has 4 aromatic rings. The summed E-state index contributed by atoms with van der Waals surface area (Å²) in [5.74, 6) is -0.356. The van der Waals surface area contributed by atoms with Gasteiger partial charge < -0.3 is 4.90 Å². The van der Waals surface area contributed by atoms with Crippen LogP contribution in [0.5, 0.6) is 0 Å². The Bertz CT molecular complexity index is 1340. The van der Waals surface area contributed by atoms with Crippen molar-refractivity contribution in [2.45, 2.75) is 6.42 Å². The van der Waals surface area contributed by atoms with E-state index in [1.54, 1.807) is 18.2 Å². The van der Waals surface area contributed by atoms with Crippen LogP contribution in [-0.2, 0) is 6.42 Å². The molecule has 0 aliphatic heterocycles. The summed E-state index contributed by atoms with van der Waals surface area (Å²) in [6.45, 7) is 0. The minimum absolute atomic E-state index is 0.144. The van der Waals surface area contributed by atoms with Gasteiger partial charge in [-0.05, 0) is 41.5 Å². The Morgan fingerprint density at radius 3 is 2.41 bits per heavy atom. The smallest absolute Gasteiger partial charge is 0.296 e. The van der Waals surface area contributed by atoms with Crippen molar-refractivity contribution in [3.63, 3.8) is 0 Å². The normalized spacial score (nSPS) is 11.9. The second-order valence-electron chi connectivity index (χ2n) is 6.76. The summed E-state index contributed by atoms with van der Waals surface area (Å²) in [5.41, 5.74) is 1.97. The molecule has 0 aliphatic rings. The zero-order valence-corrected chi connectivity index (χ0v) is 16.6. The summed E-state index contributed by atoms with van der Waals surface area (Å²) in [6.07, 6.45) is 1.93. The summed E-state index contributed by atoms with van der Waals surface area (Å²) < 4.78 is 14.7. The highest BCUT2D eigenvalue weighted by molar-refractivity contribution is 7.15. The third-order valence-corrected chi connectivity index (χ3v) is 5.40. The molecule has 2 heterocycles. The van der Waals surface area contributed by atoms with E-state index in [9.17, 15) is 14.0 Å². The van der Waals surface area contributed by atoms with Crippen molar-refractivity contribution in [1.29, 1.82) is 0 Å². The number of nitrogens with zero attached hydrogens (tertiary/aromatic N) is 4. The average Bonchev–Trinajstić information content (AvgIpc) is 2.99. The maximum Gasteiger partial charge on any atom is 0.296 e. The van der Waals surface area contributed by atoms with E-state index in [0.717, 1.165) is 27.1 Å². The van der Waals surface area contributed by atoms with Gasteiger partial charge in [0.25, 0.3) is 11.1 Å². The molecule has 0 fully saturated rings. The highest BCUT2D eigenvalue weighted by Crippen LogP contribution is 2.13. The fraction of sp³-hybridized carbons (Fsp3) is 0.143. The lowest BCUT2D eigenvalue weighted by Crippen LogP contribution is -2.28. The largest absolute Gasteiger partial charge is 0.378 e. The number of benzene rings is 2. The molecule has 146 valence electrons. The summed E-state index contributed by atoms with van der Waals surface area (Å²) >= 11 is 1.12.